The first kappa shape index (κ1) is 14.9. The molecule has 0 bridgehead atoms. The molecule has 22 heavy (non-hydrogen) atoms. The van der Waals surface area contributed by atoms with Crippen LogP contribution in [0.3, 0.4) is 0 Å². The van der Waals surface area contributed by atoms with Gasteiger partial charge in [0.1, 0.15) is 17.8 Å². The van der Waals surface area contributed by atoms with Gasteiger partial charge in [-0.1, -0.05) is 26.0 Å². The Morgan fingerprint density at radius 2 is 1.91 bits per heavy atom. The zero-order valence-corrected chi connectivity index (χ0v) is 13.2. The number of nitrogens with one attached hydrogen (secondary N) is 1. The zero-order chi connectivity index (χ0) is 15.9. The van der Waals surface area contributed by atoms with E-state index < -0.39 is 6.04 Å². The molecule has 0 spiro atoms. The molecule has 2 unspecified atom stereocenters. The van der Waals surface area contributed by atoms with E-state index >= 15 is 0 Å². The molecule has 2 aliphatic rings. The van der Waals surface area contributed by atoms with Crippen LogP contribution in [-0.4, -0.2) is 42.5 Å². The smallest absolute Gasteiger partial charge is 0.246 e. The number of ether oxygens (including phenoxy) is 1. The van der Waals surface area contributed by atoms with Crippen LogP contribution in [0.25, 0.3) is 0 Å². The summed E-state index contributed by atoms with van der Waals surface area (Å²) in [5.41, 5.74) is 1.08. The molecule has 2 heterocycles. The first-order chi connectivity index (χ1) is 10.5. The molecular formula is C17H22N2O3. The summed E-state index contributed by atoms with van der Waals surface area (Å²) in [5, 5.41) is 2.90. The number of piperazine rings is 1. The van der Waals surface area contributed by atoms with Gasteiger partial charge in [0, 0.05) is 12.5 Å². The summed E-state index contributed by atoms with van der Waals surface area (Å²) in [7, 11) is 1.63. The van der Waals surface area contributed by atoms with E-state index in [1.54, 1.807) is 12.0 Å². The lowest BCUT2D eigenvalue weighted by Crippen LogP contribution is -2.63. The number of carbonyl (C=O) groups is 2. The van der Waals surface area contributed by atoms with Gasteiger partial charge in [0.05, 0.1) is 7.11 Å². The summed E-state index contributed by atoms with van der Waals surface area (Å²) >= 11 is 0. The third-order valence-corrected chi connectivity index (χ3v) is 4.72. The van der Waals surface area contributed by atoms with E-state index in [1.807, 2.05) is 38.1 Å². The molecular weight excluding hydrogens is 280 g/mol. The fourth-order valence-corrected chi connectivity index (χ4v) is 3.49. The highest BCUT2D eigenvalue weighted by Gasteiger charge is 2.49. The summed E-state index contributed by atoms with van der Waals surface area (Å²) in [6.07, 6.45) is 0.820. The number of amides is 2. The first-order valence-corrected chi connectivity index (χ1v) is 7.77. The maximum absolute atomic E-state index is 12.6. The van der Waals surface area contributed by atoms with Gasteiger partial charge in [0.2, 0.25) is 11.8 Å². The van der Waals surface area contributed by atoms with Gasteiger partial charge in [0.15, 0.2) is 0 Å². The van der Waals surface area contributed by atoms with Gasteiger partial charge >= 0.3 is 0 Å². The number of methoxy groups -OCH3 is 1. The summed E-state index contributed by atoms with van der Waals surface area (Å²) in [6, 6.07) is 7.00. The highest BCUT2D eigenvalue weighted by atomic mass is 16.5. The lowest BCUT2D eigenvalue weighted by Gasteiger charge is -2.38. The summed E-state index contributed by atoms with van der Waals surface area (Å²) < 4.78 is 5.17. The van der Waals surface area contributed by atoms with Crippen molar-refractivity contribution in [3.63, 3.8) is 0 Å². The van der Waals surface area contributed by atoms with E-state index in [2.05, 4.69) is 5.32 Å². The SMILES string of the molecule is COc1ccc([C@H]2CCN3C(=O)C(C(C)C)NC(=O)C23)cc1. The minimum atomic E-state index is -0.390. The lowest BCUT2D eigenvalue weighted by molar-refractivity contribution is -0.148. The van der Waals surface area contributed by atoms with Crippen molar-refractivity contribution in [3.05, 3.63) is 29.8 Å². The van der Waals surface area contributed by atoms with Crippen LogP contribution in [0.4, 0.5) is 0 Å². The maximum atomic E-state index is 12.6. The molecule has 5 nitrogen and oxygen atoms in total. The van der Waals surface area contributed by atoms with Crippen molar-refractivity contribution in [3.8, 4) is 5.75 Å². The summed E-state index contributed by atoms with van der Waals surface area (Å²) in [6.45, 7) is 4.57. The van der Waals surface area contributed by atoms with E-state index in [4.69, 9.17) is 4.74 Å². The van der Waals surface area contributed by atoms with Crippen LogP contribution in [0.5, 0.6) is 5.75 Å². The van der Waals surface area contributed by atoms with Crippen LogP contribution >= 0.6 is 0 Å². The standard InChI is InChI=1S/C17H22N2O3/c1-10(2)14-17(21)19-9-8-13(15(19)16(20)18-14)11-4-6-12(22-3)7-5-11/h4-7,10,13-15H,8-9H2,1-3H3,(H,18,20)/t13-,14?,15?/m1/s1. The van der Waals surface area contributed by atoms with E-state index in [9.17, 15) is 9.59 Å². The monoisotopic (exact) mass is 302 g/mol. The van der Waals surface area contributed by atoms with Gasteiger partial charge in [-0.3, -0.25) is 9.59 Å². The lowest BCUT2D eigenvalue weighted by atomic mass is 9.89. The van der Waals surface area contributed by atoms with Gasteiger partial charge in [-0.05, 0) is 30.0 Å². The van der Waals surface area contributed by atoms with Crippen molar-refractivity contribution in [1.82, 2.24) is 10.2 Å². The van der Waals surface area contributed by atoms with Crippen molar-refractivity contribution >= 4 is 11.8 Å². The second-order valence-electron chi connectivity index (χ2n) is 6.38. The van der Waals surface area contributed by atoms with E-state index in [0.29, 0.717) is 6.54 Å². The maximum Gasteiger partial charge on any atom is 0.246 e. The van der Waals surface area contributed by atoms with E-state index in [0.717, 1.165) is 17.7 Å². The molecule has 1 N–H and O–H groups in total. The molecule has 2 fully saturated rings. The molecule has 5 heteroatoms. The summed E-state index contributed by atoms with van der Waals surface area (Å²) in [4.78, 5) is 26.8. The van der Waals surface area contributed by atoms with Crippen LogP contribution in [0.2, 0.25) is 0 Å². The second kappa shape index (κ2) is 5.63. The molecule has 0 aromatic heterocycles. The zero-order valence-electron chi connectivity index (χ0n) is 13.2. The van der Waals surface area contributed by atoms with Crippen molar-refractivity contribution in [2.75, 3.05) is 13.7 Å². The first-order valence-electron chi connectivity index (χ1n) is 7.77. The molecule has 0 saturated carbocycles. The largest absolute Gasteiger partial charge is 0.497 e. The Kier molecular flexibility index (Phi) is 3.81. The third kappa shape index (κ3) is 2.34. The number of hydrogen-bond donors (Lipinski definition) is 1. The number of nitrogens with zero attached hydrogens (tertiary/aromatic N) is 1. The molecule has 1 aromatic carbocycles. The van der Waals surface area contributed by atoms with Crippen molar-refractivity contribution < 1.29 is 14.3 Å². The molecule has 0 aliphatic carbocycles. The number of benzene rings is 1. The third-order valence-electron chi connectivity index (χ3n) is 4.72. The molecule has 2 aliphatic heterocycles. The van der Waals surface area contributed by atoms with Crippen LogP contribution < -0.4 is 10.1 Å². The average molecular weight is 302 g/mol. The minimum Gasteiger partial charge on any atom is -0.497 e. The minimum absolute atomic E-state index is 0.0309. The Balaban J connectivity index is 1.85. The van der Waals surface area contributed by atoms with E-state index in [1.165, 1.54) is 0 Å². The van der Waals surface area contributed by atoms with Crippen LogP contribution in [0.15, 0.2) is 24.3 Å². The van der Waals surface area contributed by atoms with Crippen LogP contribution in [0.1, 0.15) is 31.7 Å². The highest BCUT2D eigenvalue weighted by molar-refractivity contribution is 5.98. The average Bonchev–Trinajstić information content (AvgIpc) is 2.96. The highest BCUT2D eigenvalue weighted by Crippen LogP contribution is 2.36. The molecule has 3 atom stereocenters. The van der Waals surface area contributed by atoms with Gasteiger partial charge < -0.3 is 15.0 Å². The van der Waals surface area contributed by atoms with Gasteiger partial charge in [-0.2, -0.15) is 0 Å². The Morgan fingerprint density at radius 1 is 1.23 bits per heavy atom. The molecule has 2 amide bonds. The van der Waals surface area contributed by atoms with Crippen molar-refractivity contribution in [2.45, 2.75) is 38.3 Å². The van der Waals surface area contributed by atoms with Gasteiger partial charge in [-0.25, -0.2) is 0 Å². The molecule has 1 aromatic rings. The predicted octanol–water partition coefficient (Wildman–Crippen LogP) is 1.53. The van der Waals surface area contributed by atoms with Crippen LogP contribution in [-0.2, 0) is 9.59 Å². The summed E-state index contributed by atoms with van der Waals surface area (Å²) in [5.74, 6) is 0.982. The Hall–Kier alpha value is -2.04. The molecule has 3 rings (SSSR count). The van der Waals surface area contributed by atoms with Crippen molar-refractivity contribution in [1.29, 1.82) is 0 Å². The Labute approximate surface area is 130 Å². The Bertz CT molecular complexity index is 582. The van der Waals surface area contributed by atoms with Gasteiger partial charge in [0.25, 0.3) is 0 Å². The fraction of sp³-hybridized carbons (Fsp3) is 0.529. The van der Waals surface area contributed by atoms with E-state index in [-0.39, 0.29) is 29.7 Å². The van der Waals surface area contributed by atoms with Crippen LogP contribution in [0, 0.1) is 5.92 Å². The Morgan fingerprint density at radius 3 is 2.50 bits per heavy atom. The number of rotatable bonds is 3. The molecule has 0 radical (unpaired) electrons. The second-order valence-corrected chi connectivity index (χ2v) is 6.38. The number of carbonyl (C=O) groups excluding carboxylic acids is 2. The quantitative estimate of drug-likeness (QED) is 0.921. The molecule has 2 saturated heterocycles. The fourth-order valence-electron chi connectivity index (χ4n) is 3.49. The number of hydrogen-bond acceptors (Lipinski definition) is 3. The number of fused-ring (bicyclic) bond motifs is 1. The normalized spacial score (nSPS) is 27.8. The topological polar surface area (TPSA) is 58.6 Å². The molecule has 118 valence electrons. The predicted molar refractivity (Wildman–Crippen MR) is 82.6 cm³/mol. The van der Waals surface area contributed by atoms with Crippen molar-refractivity contribution in [2.24, 2.45) is 5.92 Å². The van der Waals surface area contributed by atoms with Gasteiger partial charge in [-0.15, -0.1) is 0 Å².